The number of benzene rings is 2. The van der Waals surface area contributed by atoms with Crippen molar-refractivity contribution >= 4 is 28.1 Å². The fourth-order valence-corrected chi connectivity index (χ4v) is 2.85. The first-order chi connectivity index (χ1) is 12.8. The third-order valence-corrected chi connectivity index (χ3v) is 4.21. The highest BCUT2D eigenvalue weighted by Gasteiger charge is 2.18. The molecule has 0 fully saturated rings. The second-order valence-corrected chi connectivity index (χ2v) is 7.86. The van der Waals surface area contributed by atoms with Crippen LogP contribution < -0.4 is 14.9 Å². The molecule has 2 aromatic rings. The Morgan fingerprint density at radius 3 is 2.59 bits per heavy atom. The molecule has 0 bridgehead atoms. The maximum atomic E-state index is 12.1. The van der Waals surface area contributed by atoms with Gasteiger partial charge in [-0.25, -0.2) is 5.43 Å². The van der Waals surface area contributed by atoms with Crippen molar-refractivity contribution in [3.8, 4) is 11.5 Å². The highest BCUT2D eigenvalue weighted by Crippen LogP contribution is 2.30. The van der Waals surface area contributed by atoms with E-state index >= 15 is 0 Å². The lowest BCUT2D eigenvalue weighted by molar-refractivity contribution is -0.123. The van der Waals surface area contributed by atoms with Gasteiger partial charge < -0.3 is 9.47 Å². The molecule has 27 heavy (non-hydrogen) atoms. The summed E-state index contributed by atoms with van der Waals surface area (Å²) >= 11 is 3.42. The first-order valence-corrected chi connectivity index (χ1v) is 9.57. The van der Waals surface area contributed by atoms with Crippen LogP contribution in [-0.4, -0.2) is 25.3 Å². The Balaban J connectivity index is 1.96. The van der Waals surface area contributed by atoms with Crippen LogP contribution in [0.15, 0.2) is 52.0 Å². The number of halogens is 1. The van der Waals surface area contributed by atoms with E-state index in [0.29, 0.717) is 18.1 Å². The Kier molecular flexibility index (Phi) is 7.42. The van der Waals surface area contributed by atoms with Crippen LogP contribution in [-0.2, 0) is 10.2 Å². The molecule has 0 unspecified atom stereocenters. The van der Waals surface area contributed by atoms with Crippen LogP contribution in [0, 0.1) is 0 Å². The summed E-state index contributed by atoms with van der Waals surface area (Å²) in [6.45, 7) is 8.67. The highest BCUT2D eigenvalue weighted by molar-refractivity contribution is 9.10. The Hall–Kier alpha value is -2.34. The minimum Gasteiger partial charge on any atom is -0.493 e. The number of ether oxygens (including phenoxy) is 2. The largest absolute Gasteiger partial charge is 0.493 e. The van der Waals surface area contributed by atoms with Crippen molar-refractivity contribution in [2.45, 2.75) is 33.1 Å². The van der Waals surface area contributed by atoms with Crippen LogP contribution in [0.4, 0.5) is 0 Å². The summed E-state index contributed by atoms with van der Waals surface area (Å²) in [6, 6.07) is 13.3. The average molecular weight is 433 g/mol. The number of nitrogens with one attached hydrogen (secondary N) is 1. The summed E-state index contributed by atoms with van der Waals surface area (Å²) in [6.07, 6.45) is 1.55. The predicted octanol–water partition coefficient (Wildman–Crippen LogP) is 4.67. The minimum atomic E-state index is -0.331. The first-order valence-electron chi connectivity index (χ1n) is 8.78. The lowest BCUT2D eigenvalue weighted by Crippen LogP contribution is -2.25. The van der Waals surface area contributed by atoms with E-state index in [1.165, 1.54) is 0 Å². The van der Waals surface area contributed by atoms with Gasteiger partial charge in [-0.1, -0.05) is 54.9 Å². The Morgan fingerprint density at radius 1 is 1.15 bits per heavy atom. The van der Waals surface area contributed by atoms with Gasteiger partial charge in [-0.15, -0.1) is 0 Å². The average Bonchev–Trinajstić information content (AvgIpc) is 2.62. The van der Waals surface area contributed by atoms with E-state index in [9.17, 15) is 4.79 Å². The van der Waals surface area contributed by atoms with Crippen molar-refractivity contribution in [2.75, 3.05) is 13.2 Å². The number of carbonyl (C=O) groups is 1. The molecule has 0 aliphatic carbocycles. The van der Waals surface area contributed by atoms with E-state index in [-0.39, 0.29) is 17.9 Å². The molecule has 0 saturated carbocycles. The fraction of sp³-hybridized carbons (Fsp3) is 0.333. The van der Waals surface area contributed by atoms with Gasteiger partial charge >= 0.3 is 0 Å². The Morgan fingerprint density at radius 2 is 1.89 bits per heavy atom. The van der Waals surface area contributed by atoms with Crippen molar-refractivity contribution < 1.29 is 14.3 Å². The first kappa shape index (κ1) is 21.0. The van der Waals surface area contributed by atoms with Gasteiger partial charge in [0.25, 0.3) is 5.91 Å². The SMILES string of the molecule is CCOc1ccc(Br)cc1/C=N/NC(=O)COc1ccccc1C(C)(C)C. The second kappa shape index (κ2) is 9.55. The molecule has 0 radical (unpaired) electrons. The molecule has 0 spiro atoms. The zero-order valence-corrected chi connectivity index (χ0v) is 17.7. The molecule has 0 heterocycles. The van der Waals surface area contributed by atoms with Crippen molar-refractivity contribution in [1.82, 2.24) is 5.43 Å². The summed E-state index contributed by atoms with van der Waals surface area (Å²) in [5, 5.41) is 4.00. The molecular weight excluding hydrogens is 408 g/mol. The summed E-state index contributed by atoms with van der Waals surface area (Å²) < 4.78 is 12.1. The topological polar surface area (TPSA) is 59.9 Å². The number of amides is 1. The van der Waals surface area contributed by atoms with Gasteiger partial charge in [0.1, 0.15) is 11.5 Å². The fourth-order valence-electron chi connectivity index (χ4n) is 2.47. The second-order valence-electron chi connectivity index (χ2n) is 6.94. The van der Waals surface area contributed by atoms with E-state index in [0.717, 1.165) is 15.6 Å². The molecule has 0 aliphatic heterocycles. The van der Waals surface area contributed by atoms with Crippen LogP contribution in [0.3, 0.4) is 0 Å². The van der Waals surface area contributed by atoms with Gasteiger partial charge in [0.15, 0.2) is 6.61 Å². The smallest absolute Gasteiger partial charge is 0.277 e. The summed E-state index contributed by atoms with van der Waals surface area (Å²) in [5.41, 5.74) is 4.24. The summed E-state index contributed by atoms with van der Waals surface area (Å²) in [4.78, 5) is 12.1. The molecule has 2 aromatic carbocycles. The molecule has 5 nitrogen and oxygen atoms in total. The van der Waals surface area contributed by atoms with Crippen LogP contribution >= 0.6 is 15.9 Å². The molecule has 1 N–H and O–H groups in total. The zero-order chi connectivity index (χ0) is 19.9. The number of hydrazone groups is 1. The van der Waals surface area contributed by atoms with E-state index in [1.54, 1.807) is 6.21 Å². The third kappa shape index (κ3) is 6.40. The van der Waals surface area contributed by atoms with Gasteiger partial charge in [0.05, 0.1) is 12.8 Å². The van der Waals surface area contributed by atoms with E-state index in [1.807, 2.05) is 49.4 Å². The maximum Gasteiger partial charge on any atom is 0.277 e. The molecule has 0 aliphatic rings. The number of carbonyl (C=O) groups excluding carboxylic acids is 1. The van der Waals surface area contributed by atoms with Gasteiger partial charge in [-0.3, -0.25) is 4.79 Å². The van der Waals surface area contributed by atoms with Crippen molar-refractivity contribution in [2.24, 2.45) is 5.10 Å². The van der Waals surface area contributed by atoms with E-state index in [2.05, 4.69) is 47.2 Å². The van der Waals surface area contributed by atoms with Crippen molar-refractivity contribution in [3.05, 3.63) is 58.1 Å². The Bertz CT molecular complexity index is 813. The van der Waals surface area contributed by atoms with Gasteiger partial charge in [-0.2, -0.15) is 5.10 Å². The normalized spacial score (nSPS) is 11.4. The summed E-state index contributed by atoms with van der Waals surface area (Å²) in [7, 11) is 0. The lowest BCUT2D eigenvalue weighted by Gasteiger charge is -2.22. The van der Waals surface area contributed by atoms with Crippen LogP contribution in [0.1, 0.15) is 38.8 Å². The summed E-state index contributed by atoms with van der Waals surface area (Å²) in [5.74, 6) is 1.08. The predicted molar refractivity (Wildman–Crippen MR) is 112 cm³/mol. The van der Waals surface area contributed by atoms with Gasteiger partial charge in [-0.05, 0) is 42.2 Å². The lowest BCUT2D eigenvalue weighted by atomic mass is 9.86. The standard InChI is InChI=1S/C21H25BrN2O3/c1-5-26-18-11-10-16(22)12-15(18)13-23-24-20(25)14-27-19-9-7-6-8-17(19)21(2,3)4/h6-13H,5,14H2,1-4H3,(H,24,25)/b23-13+. The highest BCUT2D eigenvalue weighted by atomic mass is 79.9. The Labute approximate surface area is 168 Å². The molecular formula is C21H25BrN2O3. The van der Waals surface area contributed by atoms with Crippen LogP contribution in [0.5, 0.6) is 11.5 Å². The molecule has 0 atom stereocenters. The number of rotatable bonds is 7. The molecule has 6 heteroatoms. The zero-order valence-electron chi connectivity index (χ0n) is 16.1. The van der Waals surface area contributed by atoms with E-state index in [4.69, 9.17) is 9.47 Å². The van der Waals surface area contributed by atoms with Crippen molar-refractivity contribution in [1.29, 1.82) is 0 Å². The van der Waals surface area contributed by atoms with Crippen LogP contribution in [0.2, 0.25) is 0 Å². The molecule has 0 saturated heterocycles. The van der Waals surface area contributed by atoms with Gasteiger partial charge in [0, 0.05) is 10.0 Å². The van der Waals surface area contributed by atoms with Gasteiger partial charge in [0.2, 0.25) is 0 Å². The molecule has 0 aromatic heterocycles. The molecule has 2 rings (SSSR count). The van der Waals surface area contributed by atoms with Crippen molar-refractivity contribution in [3.63, 3.8) is 0 Å². The van der Waals surface area contributed by atoms with Crippen LogP contribution in [0.25, 0.3) is 0 Å². The molecule has 144 valence electrons. The number of hydrogen-bond acceptors (Lipinski definition) is 4. The monoisotopic (exact) mass is 432 g/mol. The maximum absolute atomic E-state index is 12.1. The number of hydrogen-bond donors (Lipinski definition) is 1. The molecule has 1 amide bonds. The van der Waals surface area contributed by atoms with E-state index < -0.39 is 0 Å². The number of para-hydroxylation sites is 1. The third-order valence-electron chi connectivity index (χ3n) is 3.72. The number of nitrogens with zero attached hydrogens (tertiary/aromatic N) is 1. The minimum absolute atomic E-state index is 0.0679. The quantitative estimate of drug-likeness (QED) is 0.510.